The Hall–Kier alpha value is -3.55. The van der Waals surface area contributed by atoms with Crippen LogP contribution in [0.2, 0.25) is 0 Å². The molecular formula is C28H33N5O2. The minimum absolute atomic E-state index is 0.0280. The molecule has 1 N–H and O–H groups in total. The van der Waals surface area contributed by atoms with Crippen molar-refractivity contribution in [1.29, 1.82) is 0 Å². The number of nitrogens with zero attached hydrogens (tertiary/aromatic N) is 4. The van der Waals surface area contributed by atoms with Gasteiger partial charge < -0.3 is 24.8 Å². The van der Waals surface area contributed by atoms with E-state index in [1.54, 1.807) is 0 Å². The van der Waals surface area contributed by atoms with Gasteiger partial charge in [0.15, 0.2) is 0 Å². The highest BCUT2D eigenvalue weighted by Gasteiger charge is 2.39. The summed E-state index contributed by atoms with van der Waals surface area (Å²) < 4.78 is 5.55. The van der Waals surface area contributed by atoms with Crippen LogP contribution in [0, 0.1) is 0 Å². The fourth-order valence-corrected chi connectivity index (χ4v) is 4.96. The van der Waals surface area contributed by atoms with E-state index >= 15 is 0 Å². The molecule has 2 aromatic carbocycles. The number of benzene rings is 2. The van der Waals surface area contributed by atoms with Crippen molar-refractivity contribution in [3.05, 3.63) is 90.9 Å². The quantitative estimate of drug-likeness (QED) is 0.654. The van der Waals surface area contributed by atoms with Crippen LogP contribution in [0.1, 0.15) is 5.56 Å². The van der Waals surface area contributed by atoms with Crippen LogP contribution in [0.5, 0.6) is 0 Å². The minimum atomic E-state index is 0.0280. The summed E-state index contributed by atoms with van der Waals surface area (Å²) in [6.07, 6.45) is 1.83. The number of carbonyl (C=O) groups excluding carboxylic acids is 1. The molecule has 3 aliphatic heterocycles. The monoisotopic (exact) mass is 471 g/mol. The van der Waals surface area contributed by atoms with Crippen molar-refractivity contribution in [3.8, 4) is 0 Å². The van der Waals surface area contributed by atoms with Gasteiger partial charge in [-0.25, -0.2) is 0 Å². The van der Waals surface area contributed by atoms with Crippen LogP contribution >= 0.6 is 0 Å². The van der Waals surface area contributed by atoms with Crippen molar-refractivity contribution in [3.63, 3.8) is 0 Å². The van der Waals surface area contributed by atoms with Gasteiger partial charge in [-0.3, -0.25) is 9.69 Å². The summed E-state index contributed by atoms with van der Waals surface area (Å²) in [5.41, 5.74) is 4.62. The number of rotatable bonds is 6. The number of nitrogens with one attached hydrogen (secondary N) is 1. The number of hydrogen-bond donors (Lipinski definition) is 1. The number of hydrogen-bond acceptors (Lipinski definition) is 6. The van der Waals surface area contributed by atoms with Crippen LogP contribution in [0.15, 0.2) is 85.3 Å². The van der Waals surface area contributed by atoms with Gasteiger partial charge in [-0.2, -0.15) is 0 Å². The van der Waals surface area contributed by atoms with Gasteiger partial charge in [-0.1, -0.05) is 49.1 Å². The molecule has 0 radical (unpaired) electrons. The van der Waals surface area contributed by atoms with Crippen LogP contribution in [0.25, 0.3) is 5.70 Å². The maximum atomic E-state index is 14.0. The SMILES string of the molecule is C=CCN1C(=C)N(c2cccc(N3CCOCC3)c2)C(c2ccccc2)=C1C(=O)N1CCNCC1. The maximum absolute atomic E-state index is 14.0. The van der Waals surface area contributed by atoms with Crippen LogP contribution in [-0.4, -0.2) is 74.7 Å². The number of piperazine rings is 1. The van der Waals surface area contributed by atoms with E-state index < -0.39 is 0 Å². The molecule has 0 saturated carbocycles. The molecule has 0 aliphatic carbocycles. The fraction of sp³-hybridized carbons (Fsp3) is 0.321. The highest BCUT2D eigenvalue weighted by Crippen LogP contribution is 2.42. The second kappa shape index (κ2) is 10.4. The van der Waals surface area contributed by atoms with Gasteiger partial charge >= 0.3 is 0 Å². The highest BCUT2D eigenvalue weighted by atomic mass is 16.5. The lowest BCUT2D eigenvalue weighted by Gasteiger charge is -2.31. The van der Waals surface area contributed by atoms with Gasteiger partial charge in [0.05, 0.1) is 18.9 Å². The van der Waals surface area contributed by atoms with Crippen molar-refractivity contribution in [2.75, 3.05) is 68.8 Å². The molecular weight excluding hydrogens is 438 g/mol. The summed E-state index contributed by atoms with van der Waals surface area (Å²) in [6.45, 7) is 15.1. The Kier molecular flexibility index (Phi) is 6.88. The number of anilines is 2. The first kappa shape index (κ1) is 23.2. The Morgan fingerprint density at radius 2 is 1.69 bits per heavy atom. The largest absolute Gasteiger partial charge is 0.378 e. The molecule has 35 heavy (non-hydrogen) atoms. The molecule has 0 atom stereocenters. The summed E-state index contributed by atoms with van der Waals surface area (Å²) in [4.78, 5) is 22.4. The van der Waals surface area contributed by atoms with Gasteiger partial charge in [-0.05, 0) is 18.2 Å². The third kappa shape index (κ3) is 4.57. The third-order valence-electron chi connectivity index (χ3n) is 6.72. The molecule has 0 bridgehead atoms. The van der Waals surface area contributed by atoms with E-state index in [4.69, 9.17) is 4.74 Å². The van der Waals surface area contributed by atoms with Crippen LogP contribution in [0.4, 0.5) is 11.4 Å². The molecule has 2 fully saturated rings. The average Bonchev–Trinajstić information content (AvgIpc) is 3.22. The van der Waals surface area contributed by atoms with E-state index in [-0.39, 0.29) is 5.91 Å². The number of amides is 1. The molecule has 5 rings (SSSR count). The van der Waals surface area contributed by atoms with Gasteiger partial charge in [-0.15, -0.1) is 6.58 Å². The van der Waals surface area contributed by atoms with Crippen LogP contribution in [0.3, 0.4) is 0 Å². The molecule has 7 nitrogen and oxygen atoms in total. The lowest BCUT2D eigenvalue weighted by Crippen LogP contribution is -2.48. The van der Waals surface area contributed by atoms with Gasteiger partial charge in [0.1, 0.15) is 11.5 Å². The van der Waals surface area contributed by atoms with Gasteiger partial charge in [0.2, 0.25) is 0 Å². The predicted octanol–water partition coefficient (Wildman–Crippen LogP) is 3.10. The molecule has 3 heterocycles. The maximum Gasteiger partial charge on any atom is 0.272 e. The normalized spacial score (nSPS) is 18.9. The topological polar surface area (TPSA) is 51.3 Å². The summed E-state index contributed by atoms with van der Waals surface area (Å²) in [6, 6.07) is 18.6. The first-order valence-electron chi connectivity index (χ1n) is 12.3. The zero-order valence-corrected chi connectivity index (χ0v) is 20.2. The lowest BCUT2D eigenvalue weighted by atomic mass is 10.1. The van der Waals surface area contributed by atoms with E-state index in [1.807, 2.05) is 34.1 Å². The Labute approximate surface area is 207 Å². The molecule has 0 spiro atoms. The molecule has 1 amide bonds. The van der Waals surface area contributed by atoms with Crippen molar-refractivity contribution in [1.82, 2.24) is 15.1 Å². The Balaban J connectivity index is 1.63. The predicted molar refractivity (Wildman–Crippen MR) is 141 cm³/mol. The molecule has 3 aliphatic rings. The van der Waals surface area contributed by atoms with Gasteiger partial charge in [0.25, 0.3) is 5.91 Å². The average molecular weight is 472 g/mol. The van der Waals surface area contributed by atoms with Crippen molar-refractivity contribution in [2.45, 2.75) is 0 Å². The lowest BCUT2D eigenvalue weighted by molar-refractivity contribution is -0.128. The van der Waals surface area contributed by atoms with E-state index in [2.05, 4.69) is 64.7 Å². The third-order valence-corrected chi connectivity index (χ3v) is 6.72. The number of carbonyl (C=O) groups is 1. The molecule has 0 aromatic heterocycles. The molecule has 7 heteroatoms. The first-order valence-corrected chi connectivity index (χ1v) is 12.3. The van der Waals surface area contributed by atoms with E-state index in [9.17, 15) is 4.79 Å². The summed E-state index contributed by atoms with van der Waals surface area (Å²) in [5, 5.41) is 3.34. The molecule has 2 aromatic rings. The zero-order chi connectivity index (χ0) is 24.2. The van der Waals surface area contributed by atoms with Crippen molar-refractivity contribution in [2.24, 2.45) is 0 Å². The fourth-order valence-electron chi connectivity index (χ4n) is 4.96. The van der Waals surface area contributed by atoms with Gasteiger partial charge in [0, 0.05) is 62.8 Å². The number of morpholine rings is 1. The molecule has 2 saturated heterocycles. The van der Waals surface area contributed by atoms with Crippen molar-refractivity contribution >= 4 is 23.0 Å². The van der Waals surface area contributed by atoms with E-state index in [0.29, 0.717) is 25.3 Å². The summed E-state index contributed by atoms with van der Waals surface area (Å²) in [5.74, 6) is 0.779. The Morgan fingerprint density at radius 3 is 2.40 bits per heavy atom. The van der Waals surface area contributed by atoms with Crippen LogP contribution < -0.4 is 15.1 Å². The summed E-state index contributed by atoms with van der Waals surface area (Å²) >= 11 is 0. The minimum Gasteiger partial charge on any atom is -0.378 e. The summed E-state index contributed by atoms with van der Waals surface area (Å²) in [7, 11) is 0. The number of ether oxygens (including phenoxy) is 1. The molecule has 0 unspecified atom stereocenters. The smallest absolute Gasteiger partial charge is 0.272 e. The second-order valence-corrected chi connectivity index (χ2v) is 8.88. The Bertz CT molecular complexity index is 1120. The zero-order valence-electron chi connectivity index (χ0n) is 20.2. The van der Waals surface area contributed by atoms with E-state index in [1.165, 1.54) is 0 Å². The second-order valence-electron chi connectivity index (χ2n) is 8.88. The Morgan fingerprint density at radius 1 is 0.971 bits per heavy atom. The highest BCUT2D eigenvalue weighted by molar-refractivity contribution is 6.06. The van der Waals surface area contributed by atoms with E-state index in [0.717, 1.165) is 67.8 Å². The standard InChI is InChI=1S/C28H33N5O2/c1-3-14-32-22(2)33(25-11-7-10-24(21-25)30-17-19-35-20-18-30)26(23-8-5-4-6-9-23)27(32)28(34)31-15-12-29-13-16-31/h3-11,21,29H,1-2,12-20H2. The van der Waals surface area contributed by atoms with Crippen molar-refractivity contribution < 1.29 is 9.53 Å². The molecule has 182 valence electrons. The first-order chi connectivity index (χ1) is 17.2. The van der Waals surface area contributed by atoms with Crippen LogP contribution in [-0.2, 0) is 9.53 Å².